The molecular weight excluding hydrogens is 366 g/mol. The molecule has 0 fully saturated rings. The molecule has 0 aliphatic rings. The first-order chi connectivity index (χ1) is 14.2. The fourth-order valence-corrected chi connectivity index (χ4v) is 2.89. The molecule has 6 nitrogen and oxygen atoms in total. The number of amides is 2. The Morgan fingerprint density at radius 1 is 0.897 bits per heavy atom. The van der Waals surface area contributed by atoms with Crippen LogP contribution in [0.15, 0.2) is 30.3 Å². The summed E-state index contributed by atoms with van der Waals surface area (Å²) in [5.74, 6) is -0.00780. The molecule has 0 saturated heterocycles. The van der Waals surface area contributed by atoms with Crippen molar-refractivity contribution in [1.82, 2.24) is 15.5 Å². The van der Waals surface area contributed by atoms with Gasteiger partial charge in [0.1, 0.15) is 6.61 Å². The summed E-state index contributed by atoms with van der Waals surface area (Å²) in [6, 6.07) is 9.64. The van der Waals surface area contributed by atoms with Crippen LogP contribution in [-0.4, -0.2) is 49.6 Å². The summed E-state index contributed by atoms with van der Waals surface area (Å²) in [5, 5.41) is 6.30. The molecule has 1 rings (SSSR count). The van der Waals surface area contributed by atoms with Gasteiger partial charge in [0.25, 0.3) is 0 Å². The van der Waals surface area contributed by atoms with E-state index in [2.05, 4.69) is 24.5 Å². The van der Waals surface area contributed by atoms with E-state index in [4.69, 9.17) is 4.74 Å². The zero-order chi connectivity index (χ0) is 21.2. The predicted octanol–water partition coefficient (Wildman–Crippen LogP) is 4.10. The maximum Gasteiger partial charge on any atom is 0.410 e. The van der Waals surface area contributed by atoms with Gasteiger partial charge in [-0.15, -0.1) is 0 Å². The first-order valence-electron chi connectivity index (χ1n) is 11.1. The monoisotopic (exact) mass is 405 g/mol. The van der Waals surface area contributed by atoms with Crippen LogP contribution in [0.4, 0.5) is 4.79 Å². The highest BCUT2D eigenvalue weighted by molar-refractivity contribution is 5.77. The van der Waals surface area contributed by atoms with E-state index in [1.807, 2.05) is 30.3 Å². The Hall–Kier alpha value is -2.08. The van der Waals surface area contributed by atoms with Crippen LogP contribution >= 0.6 is 0 Å². The van der Waals surface area contributed by atoms with Gasteiger partial charge in [0, 0.05) is 26.1 Å². The number of carbonyl (C=O) groups excluding carboxylic acids is 2. The highest BCUT2D eigenvalue weighted by atomic mass is 16.6. The molecule has 29 heavy (non-hydrogen) atoms. The highest BCUT2D eigenvalue weighted by Crippen LogP contribution is 2.06. The van der Waals surface area contributed by atoms with Crippen LogP contribution in [0.2, 0.25) is 0 Å². The molecule has 1 aromatic carbocycles. The number of rotatable bonds is 16. The summed E-state index contributed by atoms with van der Waals surface area (Å²) >= 11 is 0. The minimum Gasteiger partial charge on any atom is -0.445 e. The molecule has 0 aliphatic carbocycles. The molecule has 0 aliphatic heterocycles. The van der Waals surface area contributed by atoms with Gasteiger partial charge in [-0.05, 0) is 44.3 Å². The van der Waals surface area contributed by atoms with Crippen molar-refractivity contribution in [3.05, 3.63) is 35.9 Å². The first kappa shape index (κ1) is 25.0. The zero-order valence-electron chi connectivity index (χ0n) is 18.3. The van der Waals surface area contributed by atoms with Gasteiger partial charge in [-0.2, -0.15) is 0 Å². The van der Waals surface area contributed by atoms with Gasteiger partial charge in [0.2, 0.25) is 5.91 Å². The third kappa shape index (κ3) is 12.9. The van der Waals surface area contributed by atoms with Crippen LogP contribution in [0.5, 0.6) is 0 Å². The second-order valence-corrected chi connectivity index (χ2v) is 7.29. The van der Waals surface area contributed by atoms with Crippen molar-refractivity contribution in [1.29, 1.82) is 0 Å². The maximum absolute atomic E-state index is 12.6. The standard InChI is InChI=1S/C23H39N3O3/c1-3-5-9-17-25-22(27)14-19-26(18-11-10-16-24-15-4-2)23(28)29-20-21-12-7-6-8-13-21/h6-8,12-13,24H,3-5,9-11,14-20H2,1-2H3,(H,25,27). The van der Waals surface area contributed by atoms with E-state index in [1.54, 1.807) is 4.90 Å². The molecule has 2 N–H and O–H groups in total. The summed E-state index contributed by atoms with van der Waals surface area (Å²) in [5.41, 5.74) is 0.957. The fourth-order valence-electron chi connectivity index (χ4n) is 2.89. The van der Waals surface area contributed by atoms with Crippen LogP contribution < -0.4 is 10.6 Å². The Bertz CT molecular complexity index is 552. The van der Waals surface area contributed by atoms with Crippen molar-refractivity contribution in [3.63, 3.8) is 0 Å². The van der Waals surface area contributed by atoms with Crippen molar-refractivity contribution in [2.45, 2.75) is 65.4 Å². The lowest BCUT2D eigenvalue weighted by molar-refractivity contribution is -0.121. The Balaban J connectivity index is 2.42. The number of benzene rings is 1. The Labute approximate surface area is 176 Å². The average Bonchev–Trinajstić information content (AvgIpc) is 2.74. The second kappa shape index (κ2) is 16.8. The van der Waals surface area contributed by atoms with E-state index < -0.39 is 0 Å². The van der Waals surface area contributed by atoms with Crippen LogP contribution in [0.25, 0.3) is 0 Å². The average molecular weight is 406 g/mol. The number of ether oxygens (including phenoxy) is 1. The van der Waals surface area contributed by atoms with Gasteiger partial charge < -0.3 is 20.3 Å². The Kier molecular flexibility index (Phi) is 14.5. The number of hydrogen-bond donors (Lipinski definition) is 2. The molecule has 164 valence electrons. The topological polar surface area (TPSA) is 70.7 Å². The highest BCUT2D eigenvalue weighted by Gasteiger charge is 2.16. The van der Waals surface area contributed by atoms with Crippen molar-refractivity contribution in [2.24, 2.45) is 0 Å². The summed E-state index contributed by atoms with van der Waals surface area (Å²) in [4.78, 5) is 26.3. The lowest BCUT2D eigenvalue weighted by Crippen LogP contribution is -2.36. The van der Waals surface area contributed by atoms with Crippen LogP contribution in [0.3, 0.4) is 0 Å². The summed E-state index contributed by atoms with van der Waals surface area (Å²) < 4.78 is 5.47. The van der Waals surface area contributed by atoms with E-state index in [1.165, 1.54) is 0 Å². The normalized spacial score (nSPS) is 10.6. The second-order valence-electron chi connectivity index (χ2n) is 7.29. The number of unbranched alkanes of at least 4 members (excludes halogenated alkanes) is 3. The quantitative estimate of drug-likeness (QED) is 0.406. The van der Waals surface area contributed by atoms with Gasteiger partial charge in [-0.25, -0.2) is 4.79 Å². The van der Waals surface area contributed by atoms with Crippen LogP contribution in [0.1, 0.15) is 64.4 Å². The lowest BCUT2D eigenvalue weighted by atomic mass is 10.2. The third-order valence-electron chi connectivity index (χ3n) is 4.63. The zero-order valence-corrected chi connectivity index (χ0v) is 18.3. The molecule has 6 heteroatoms. The molecule has 0 radical (unpaired) electrons. The minimum atomic E-state index is -0.353. The van der Waals surface area contributed by atoms with E-state index in [9.17, 15) is 9.59 Å². The molecule has 0 unspecified atom stereocenters. The molecule has 0 aromatic heterocycles. The van der Waals surface area contributed by atoms with Crippen molar-refractivity contribution < 1.29 is 14.3 Å². The lowest BCUT2D eigenvalue weighted by Gasteiger charge is -2.22. The molecule has 0 saturated carbocycles. The van der Waals surface area contributed by atoms with Gasteiger partial charge in [0.05, 0.1) is 0 Å². The molecule has 2 amide bonds. The molecule has 1 aromatic rings. The Morgan fingerprint density at radius 2 is 1.66 bits per heavy atom. The number of carbonyl (C=O) groups is 2. The van der Waals surface area contributed by atoms with Crippen molar-refractivity contribution in [2.75, 3.05) is 32.7 Å². The van der Waals surface area contributed by atoms with Crippen LogP contribution in [0, 0.1) is 0 Å². The smallest absolute Gasteiger partial charge is 0.410 e. The molecule has 0 bridgehead atoms. The van der Waals surface area contributed by atoms with Crippen molar-refractivity contribution >= 4 is 12.0 Å². The fraction of sp³-hybridized carbons (Fsp3) is 0.652. The summed E-state index contributed by atoms with van der Waals surface area (Å²) in [6.45, 7) is 8.18. The SMILES string of the molecule is CCCCCNC(=O)CCN(CCCCNCCC)C(=O)OCc1ccccc1. The van der Waals surface area contributed by atoms with Gasteiger partial charge in [-0.3, -0.25) is 4.79 Å². The summed E-state index contributed by atoms with van der Waals surface area (Å²) in [7, 11) is 0. The van der Waals surface area contributed by atoms with Gasteiger partial charge >= 0.3 is 6.09 Å². The van der Waals surface area contributed by atoms with Gasteiger partial charge in [0.15, 0.2) is 0 Å². The minimum absolute atomic E-state index is 0.00780. The number of nitrogens with zero attached hydrogens (tertiary/aromatic N) is 1. The molecule has 0 spiro atoms. The van der Waals surface area contributed by atoms with E-state index in [-0.39, 0.29) is 18.6 Å². The number of nitrogens with one attached hydrogen (secondary N) is 2. The molecular formula is C23H39N3O3. The largest absolute Gasteiger partial charge is 0.445 e. The van der Waals surface area contributed by atoms with Crippen LogP contribution in [-0.2, 0) is 16.1 Å². The Morgan fingerprint density at radius 3 is 2.38 bits per heavy atom. The molecule has 0 atom stereocenters. The maximum atomic E-state index is 12.6. The third-order valence-corrected chi connectivity index (χ3v) is 4.63. The van der Waals surface area contributed by atoms with Gasteiger partial charge in [-0.1, -0.05) is 57.0 Å². The predicted molar refractivity (Wildman–Crippen MR) is 118 cm³/mol. The van der Waals surface area contributed by atoms with Crippen molar-refractivity contribution in [3.8, 4) is 0 Å². The first-order valence-corrected chi connectivity index (χ1v) is 11.1. The molecule has 0 heterocycles. The summed E-state index contributed by atoms with van der Waals surface area (Å²) in [6.07, 6.45) is 6.19. The van der Waals surface area contributed by atoms with E-state index in [0.717, 1.165) is 57.2 Å². The van der Waals surface area contributed by atoms with E-state index >= 15 is 0 Å². The number of hydrogen-bond acceptors (Lipinski definition) is 4. The van der Waals surface area contributed by atoms with E-state index in [0.29, 0.717) is 26.1 Å².